The first kappa shape index (κ1) is 23.0. The van der Waals surface area contributed by atoms with Crippen LogP contribution in [0.2, 0.25) is 10.0 Å². The van der Waals surface area contributed by atoms with Crippen molar-refractivity contribution in [2.75, 3.05) is 5.32 Å². The zero-order valence-electron chi connectivity index (χ0n) is 18.9. The first-order chi connectivity index (χ1) is 16.9. The molecule has 2 aromatic heterocycles. The summed E-state index contributed by atoms with van der Waals surface area (Å²) in [7, 11) is 0. The molecule has 1 amide bonds. The molecule has 2 heterocycles. The molecule has 0 aliphatic carbocycles. The molecule has 0 atom stereocenters. The average molecular weight is 503 g/mol. The first-order valence-electron chi connectivity index (χ1n) is 10.9. The Labute approximate surface area is 212 Å². The minimum Gasteiger partial charge on any atom is -0.457 e. The quantitative estimate of drug-likeness (QED) is 0.245. The third kappa shape index (κ3) is 5.02. The normalized spacial score (nSPS) is 11.4. The predicted molar refractivity (Wildman–Crippen MR) is 141 cm³/mol. The van der Waals surface area contributed by atoms with E-state index >= 15 is 0 Å². The van der Waals surface area contributed by atoms with E-state index in [1.165, 1.54) is 6.08 Å². The largest absolute Gasteiger partial charge is 0.457 e. The summed E-state index contributed by atoms with van der Waals surface area (Å²) in [5, 5.41) is 4.18. The van der Waals surface area contributed by atoms with Crippen molar-refractivity contribution < 1.29 is 13.6 Å². The van der Waals surface area contributed by atoms with Crippen LogP contribution < -0.4 is 5.32 Å². The molecule has 0 bridgehead atoms. The number of furan rings is 1. The van der Waals surface area contributed by atoms with Gasteiger partial charge in [0.15, 0.2) is 5.58 Å². The number of oxazole rings is 1. The highest BCUT2D eigenvalue weighted by molar-refractivity contribution is 6.31. The number of nitrogens with zero attached hydrogens (tertiary/aromatic N) is 1. The Kier molecular flexibility index (Phi) is 6.20. The molecule has 5 aromatic rings. The second-order valence-electron chi connectivity index (χ2n) is 8.15. The molecule has 35 heavy (non-hydrogen) atoms. The Morgan fingerprint density at radius 2 is 1.69 bits per heavy atom. The third-order valence-electron chi connectivity index (χ3n) is 5.57. The molecule has 7 heteroatoms. The minimum absolute atomic E-state index is 0.286. The Hall–Kier alpha value is -3.80. The van der Waals surface area contributed by atoms with Gasteiger partial charge in [-0.25, -0.2) is 4.98 Å². The summed E-state index contributed by atoms with van der Waals surface area (Å²) in [5.41, 5.74) is 5.50. The highest BCUT2D eigenvalue weighted by Gasteiger charge is 2.12. The average Bonchev–Trinajstić information content (AvgIpc) is 3.48. The maximum absolute atomic E-state index is 12.6. The summed E-state index contributed by atoms with van der Waals surface area (Å²) in [5.74, 6) is 1.40. The van der Waals surface area contributed by atoms with Crippen molar-refractivity contribution in [1.29, 1.82) is 0 Å². The molecule has 0 radical (unpaired) electrons. The van der Waals surface area contributed by atoms with Gasteiger partial charge in [-0.05, 0) is 79.6 Å². The Morgan fingerprint density at radius 1 is 0.886 bits per heavy atom. The number of carbonyl (C=O) groups excluding carboxylic acids is 1. The van der Waals surface area contributed by atoms with Crippen LogP contribution in [0.3, 0.4) is 0 Å². The highest BCUT2D eigenvalue weighted by Crippen LogP contribution is 2.30. The molecule has 0 aliphatic rings. The Balaban J connectivity index is 1.31. The molecular weight excluding hydrogens is 483 g/mol. The fourth-order valence-corrected chi connectivity index (χ4v) is 3.94. The highest BCUT2D eigenvalue weighted by atomic mass is 35.5. The van der Waals surface area contributed by atoms with Crippen LogP contribution in [0.1, 0.15) is 16.9 Å². The number of aryl methyl sites for hydroxylation is 2. The fourth-order valence-electron chi connectivity index (χ4n) is 3.59. The van der Waals surface area contributed by atoms with Gasteiger partial charge in [0.2, 0.25) is 11.8 Å². The van der Waals surface area contributed by atoms with E-state index in [-0.39, 0.29) is 5.91 Å². The molecule has 0 unspecified atom stereocenters. The van der Waals surface area contributed by atoms with E-state index < -0.39 is 0 Å². The zero-order chi connectivity index (χ0) is 24.5. The molecule has 0 aliphatic heterocycles. The van der Waals surface area contributed by atoms with Gasteiger partial charge in [0.25, 0.3) is 0 Å². The number of carbonyl (C=O) groups is 1. The molecule has 0 spiro atoms. The lowest BCUT2D eigenvalue weighted by Gasteiger charge is -2.07. The number of halogens is 2. The van der Waals surface area contributed by atoms with Crippen molar-refractivity contribution in [2.24, 2.45) is 0 Å². The summed E-state index contributed by atoms with van der Waals surface area (Å²) in [6.45, 7) is 3.86. The van der Waals surface area contributed by atoms with Crippen LogP contribution in [0, 0.1) is 13.8 Å². The van der Waals surface area contributed by atoms with E-state index in [0.29, 0.717) is 44.2 Å². The predicted octanol–water partition coefficient (Wildman–Crippen LogP) is 8.33. The summed E-state index contributed by atoms with van der Waals surface area (Å²) >= 11 is 12.3. The van der Waals surface area contributed by atoms with E-state index in [1.54, 1.807) is 30.3 Å². The maximum atomic E-state index is 12.6. The van der Waals surface area contributed by atoms with Crippen LogP contribution in [0.5, 0.6) is 0 Å². The molecular formula is C28H20Cl2N2O3. The van der Waals surface area contributed by atoms with Gasteiger partial charge in [-0.2, -0.15) is 0 Å². The standard InChI is InChI=1S/C28H20Cl2N2O3/c1-16-3-5-18(13-22(16)30)25-11-8-21(34-25)9-12-27(33)31-23-14-19(6-4-17(23)2)28-32-24-15-20(29)7-10-26(24)35-28/h3-15H,1-2H3,(H,31,33)/b12-9+. The van der Waals surface area contributed by atoms with Crippen LogP contribution in [0.25, 0.3) is 40.0 Å². The lowest BCUT2D eigenvalue weighted by molar-refractivity contribution is -0.111. The Bertz CT molecular complexity index is 1600. The van der Waals surface area contributed by atoms with Crippen LogP contribution in [0.4, 0.5) is 5.69 Å². The number of hydrogen-bond donors (Lipinski definition) is 1. The fraction of sp³-hybridized carbons (Fsp3) is 0.0714. The van der Waals surface area contributed by atoms with Crippen molar-refractivity contribution in [1.82, 2.24) is 4.98 Å². The van der Waals surface area contributed by atoms with E-state index in [1.807, 2.05) is 56.3 Å². The van der Waals surface area contributed by atoms with E-state index in [2.05, 4.69) is 10.3 Å². The molecule has 174 valence electrons. The smallest absolute Gasteiger partial charge is 0.248 e. The second kappa shape index (κ2) is 9.45. The molecule has 3 aromatic carbocycles. The summed E-state index contributed by atoms with van der Waals surface area (Å²) in [6.07, 6.45) is 3.05. The SMILES string of the molecule is Cc1ccc(-c2ccc(/C=C/C(=O)Nc3cc(-c4nc5cc(Cl)ccc5o4)ccc3C)o2)cc1Cl. The van der Waals surface area contributed by atoms with Gasteiger partial charge >= 0.3 is 0 Å². The van der Waals surface area contributed by atoms with Crippen molar-refractivity contribution in [2.45, 2.75) is 13.8 Å². The van der Waals surface area contributed by atoms with Gasteiger partial charge in [-0.15, -0.1) is 0 Å². The number of aromatic nitrogens is 1. The summed E-state index contributed by atoms with van der Waals surface area (Å²) in [6, 6.07) is 20.3. The molecule has 5 nitrogen and oxygen atoms in total. The second-order valence-corrected chi connectivity index (χ2v) is 8.99. The first-order valence-corrected chi connectivity index (χ1v) is 11.6. The topological polar surface area (TPSA) is 68.3 Å². The van der Waals surface area contributed by atoms with E-state index in [0.717, 1.165) is 22.3 Å². The van der Waals surface area contributed by atoms with Gasteiger partial charge in [0.1, 0.15) is 17.0 Å². The van der Waals surface area contributed by atoms with Crippen molar-refractivity contribution in [3.05, 3.63) is 99.7 Å². The number of rotatable bonds is 5. The molecule has 5 rings (SSSR count). The third-order valence-corrected chi connectivity index (χ3v) is 6.22. The number of amides is 1. The van der Waals surface area contributed by atoms with Crippen LogP contribution >= 0.6 is 23.2 Å². The Morgan fingerprint density at radius 3 is 2.51 bits per heavy atom. The van der Waals surface area contributed by atoms with Gasteiger partial charge in [0.05, 0.1) is 0 Å². The molecule has 0 saturated carbocycles. The van der Waals surface area contributed by atoms with Gasteiger partial charge in [0, 0.05) is 32.9 Å². The van der Waals surface area contributed by atoms with Crippen LogP contribution in [0.15, 0.2) is 81.6 Å². The van der Waals surface area contributed by atoms with Crippen molar-refractivity contribution in [3.8, 4) is 22.8 Å². The molecule has 0 saturated heterocycles. The van der Waals surface area contributed by atoms with Crippen molar-refractivity contribution in [3.63, 3.8) is 0 Å². The molecule has 1 N–H and O–H groups in total. The zero-order valence-corrected chi connectivity index (χ0v) is 20.4. The summed E-state index contributed by atoms with van der Waals surface area (Å²) < 4.78 is 11.7. The maximum Gasteiger partial charge on any atom is 0.248 e. The monoisotopic (exact) mass is 502 g/mol. The minimum atomic E-state index is -0.286. The lowest BCUT2D eigenvalue weighted by Crippen LogP contribution is -2.09. The lowest BCUT2D eigenvalue weighted by atomic mass is 10.1. The number of hydrogen-bond acceptors (Lipinski definition) is 4. The van der Waals surface area contributed by atoms with Gasteiger partial charge < -0.3 is 14.2 Å². The molecule has 0 fully saturated rings. The summed E-state index contributed by atoms with van der Waals surface area (Å²) in [4.78, 5) is 17.1. The van der Waals surface area contributed by atoms with Gasteiger partial charge in [-0.1, -0.05) is 41.4 Å². The van der Waals surface area contributed by atoms with Gasteiger partial charge in [-0.3, -0.25) is 4.79 Å². The van der Waals surface area contributed by atoms with E-state index in [9.17, 15) is 4.79 Å². The number of benzene rings is 3. The number of anilines is 1. The van der Waals surface area contributed by atoms with Crippen LogP contribution in [-0.4, -0.2) is 10.9 Å². The van der Waals surface area contributed by atoms with E-state index in [4.69, 9.17) is 32.0 Å². The number of fused-ring (bicyclic) bond motifs is 1. The van der Waals surface area contributed by atoms with Crippen molar-refractivity contribution >= 4 is 52.0 Å². The van der Waals surface area contributed by atoms with Crippen LogP contribution in [-0.2, 0) is 4.79 Å². The number of nitrogens with one attached hydrogen (secondary N) is 1.